The number of nitrogens with one attached hydrogen (secondary N) is 1. The van der Waals surface area contributed by atoms with Crippen molar-refractivity contribution in [2.75, 3.05) is 11.9 Å². The molecule has 2 amide bonds. The van der Waals surface area contributed by atoms with Crippen molar-refractivity contribution in [3.8, 4) is 0 Å². The van der Waals surface area contributed by atoms with E-state index in [0.29, 0.717) is 12.8 Å². The third-order valence-electron chi connectivity index (χ3n) is 4.23. The summed E-state index contributed by atoms with van der Waals surface area (Å²) in [5.74, 6) is -0.942. The Bertz CT molecular complexity index is 563. The third-order valence-corrected chi connectivity index (χ3v) is 4.23. The number of aryl methyl sites for hydroxylation is 2. The molecule has 1 aliphatic rings. The lowest BCUT2D eigenvalue weighted by atomic mass is 9.98. The van der Waals surface area contributed by atoms with Crippen LogP contribution >= 0.6 is 0 Å². The zero-order valence-corrected chi connectivity index (χ0v) is 12.8. The van der Waals surface area contributed by atoms with Crippen LogP contribution in [0.15, 0.2) is 18.2 Å². The molecule has 1 aliphatic carbocycles. The predicted molar refractivity (Wildman–Crippen MR) is 81.7 cm³/mol. The Balaban J connectivity index is 2.17. The second-order valence-corrected chi connectivity index (χ2v) is 5.87. The Morgan fingerprint density at radius 1 is 1.24 bits per heavy atom. The van der Waals surface area contributed by atoms with Gasteiger partial charge >= 0.3 is 12.0 Å². The van der Waals surface area contributed by atoms with Crippen LogP contribution in [-0.2, 0) is 4.79 Å². The SMILES string of the molecule is Cc1ccc(N(C)C(=O)NC2(C(=O)O)CCCC2)c(C)c1. The van der Waals surface area contributed by atoms with Crippen LogP contribution in [0.2, 0.25) is 0 Å². The van der Waals surface area contributed by atoms with Crippen molar-refractivity contribution < 1.29 is 14.7 Å². The number of urea groups is 1. The molecule has 114 valence electrons. The van der Waals surface area contributed by atoms with Gasteiger partial charge in [-0.05, 0) is 38.3 Å². The number of hydrogen-bond donors (Lipinski definition) is 2. The van der Waals surface area contributed by atoms with E-state index in [-0.39, 0.29) is 6.03 Å². The molecule has 1 fully saturated rings. The van der Waals surface area contributed by atoms with Gasteiger partial charge in [-0.3, -0.25) is 4.90 Å². The van der Waals surface area contributed by atoms with Gasteiger partial charge in [0.05, 0.1) is 0 Å². The van der Waals surface area contributed by atoms with Crippen molar-refractivity contribution in [2.24, 2.45) is 0 Å². The van der Waals surface area contributed by atoms with Crippen molar-refractivity contribution >= 4 is 17.7 Å². The smallest absolute Gasteiger partial charge is 0.329 e. The molecule has 2 rings (SSSR count). The molecular weight excluding hydrogens is 268 g/mol. The van der Waals surface area contributed by atoms with E-state index in [4.69, 9.17) is 0 Å². The summed E-state index contributed by atoms with van der Waals surface area (Å²) in [5, 5.41) is 12.1. The minimum atomic E-state index is -1.11. The van der Waals surface area contributed by atoms with Gasteiger partial charge in [0.15, 0.2) is 0 Å². The number of carbonyl (C=O) groups is 2. The van der Waals surface area contributed by atoms with Crippen molar-refractivity contribution in [1.82, 2.24) is 5.32 Å². The van der Waals surface area contributed by atoms with Gasteiger partial charge in [0, 0.05) is 12.7 Å². The number of nitrogens with zero attached hydrogens (tertiary/aromatic N) is 1. The molecule has 0 radical (unpaired) electrons. The Kier molecular flexibility index (Phi) is 4.21. The minimum Gasteiger partial charge on any atom is -0.480 e. The van der Waals surface area contributed by atoms with E-state index in [1.807, 2.05) is 32.0 Å². The number of carboxylic acids is 1. The van der Waals surface area contributed by atoms with Crippen molar-refractivity contribution in [2.45, 2.75) is 45.1 Å². The van der Waals surface area contributed by atoms with Gasteiger partial charge in [-0.1, -0.05) is 30.5 Å². The van der Waals surface area contributed by atoms with Gasteiger partial charge in [0.25, 0.3) is 0 Å². The molecule has 0 bridgehead atoms. The van der Waals surface area contributed by atoms with E-state index in [1.54, 1.807) is 7.05 Å². The van der Waals surface area contributed by atoms with E-state index >= 15 is 0 Å². The highest BCUT2D eigenvalue weighted by Gasteiger charge is 2.43. The molecule has 0 atom stereocenters. The Morgan fingerprint density at radius 2 is 1.86 bits per heavy atom. The summed E-state index contributed by atoms with van der Waals surface area (Å²) in [4.78, 5) is 25.4. The third kappa shape index (κ3) is 3.01. The highest BCUT2D eigenvalue weighted by molar-refractivity contribution is 5.96. The van der Waals surface area contributed by atoms with Crippen LogP contribution in [-0.4, -0.2) is 29.7 Å². The number of benzene rings is 1. The van der Waals surface area contributed by atoms with Crippen molar-refractivity contribution in [3.05, 3.63) is 29.3 Å². The number of anilines is 1. The monoisotopic (exact) mass is 290 g/mol. The highest BCUT2D eigenvalue weighted by Crippen LogP contribution is 2.30. The first-order valence-electron chi connectivity index (χ1n) is 7.22. The Labute approximate surface area is 125 Å². The average molecular weight is 290 g/mol. The first-order valence-corrected chi connectivity index (χ1v) is 7.22. The van der Waals surface area contributed by atoms with E-state index in [2.05, 4.69) is 5.32 Å². The van der Waals surface area contributed by atoms with Crippen LogP contribution < -0.4 is 10.2 Å². The van der Waals surface area contributed by atoms with Gasteiger partial charge in [0.2, 0.25) is 0 Å². The normalized spacial score (nSPS) is 16.5. The molecule has 5 nitrogen and oxygen atoms in total. The molecule has 0 aliphatic heterocycles. The fraction of sp³-hybridized carbons (Fsp3) is 0.500. The molecule has 5 heteroatoms. The molecule has 0 aromatic heterocycles. The zero-order valence-electron chi connectivity index (χ0n) is 12.8. The summed E-state index contributed by atoms with van der Waals surface area (Å²) < 4.78 is 0. The Morgan fingerprint density at radius 3 is 2.38 bits per heavy atom. The summed E-state index contributed by atoms with van der Waals surface area (Å²) in [6.07, 6.45) is 2.66. The predicted octanol–water partition coefficient (Wildman–Crippen LogP) is 2.85. The number of carbonyl (C=O) groups excluding carboxylic acids is 1. The summed E-state index contributed by atoms with van der Waals surface area (Å²) in [6, 6.07) is 5.45. The van der Waals surface area contributed by atoms with Crippen molar-refractivity contribution in [3.63, 3.8) is 0 Å². The molecule has 1 saturated carbocycles. The minimum absolute atomic E-state index is 0.369. The second-order valence-electron chi connectivity index (χ2n) is 5.87. The first kappa shape index (κ1) is 15.4. The standard InChI is InChI=1S/C16H22N2O3/c1-11-6-7-13(12(2)10-11)18(3)15(21)17-16(14(19)20)8-4-5-9-16/h6-7,10H,4-5,8-9H2,1-3H3,(H,17,21)(H,19,20). The summed E-state index contributed by atoms with van der Waals surface area (Å²) in [7, 11) is 1.66. The van der Waals surface area contributed by atoms with Crippen LogP contribution in [0.25, 0.3) is 0 Å². The summed E-state index contributed by atoms with van der Waals surface area (Å²) in [6.45, 7) is 3.93. The van der Waals surface area contributed by atoms with Gasteiger partial charge in [-0.2, -0.15) is 0 Å². The molecule has 0 unspecified atom stereocenters. The molecule has 21 heavy (non-hydrogen) atoms. The number of carboxylic acid groups (broad SMARTS) is 1. The van der Waals surface area contributed by atoms with E-state index < -0.39 is 11.5 Å². The molecule has 0 spiro atoms. The highest BCUT2D eigenvalue weighted by atomic mass is 16.4. The molecule has 1 aromatic carbocycles. The summed E-state index contributed by atoms with van der Waals surface area (Å²) in [5.41, 5.74) is 1.80. The van der Waals surface area contributed by atoms with Crippen LogP contribution in [0.1, 0.15) is 36.8 Å². The van der Waals surface area contributed by atoms with Gasteiger partial charge < -0.3 is 10.4 Å². The lowest BCUT2D eigenvalue weighted by molar-refractivity contribution is -0.144. The van der Waals surface area contributed by atoms with Gasteiger partial charge in [-0.15, -0.1) is 0 Å². The van der Waals surface area contributed by atoms with Crippen LogP contribution in [0, 0.1) is 13.8 Å². The largest absolute Gasteiger partial charge is 0.480 e. The maximum Gasteiger partial charge on any atom is 0.329 e. The lowest BCUT2D eigenvalue weighted by Crippen LogP contribution is -2.56. The maximum atomic E-state index is 12.4. The molecule has 0 heterocycles. The van der Waals surface area contributed by atoms with E-state index in [1.165, 1.54) is 4.90 Å². The second kappa shape index (κ2) is 5.76. The average Bonchev–Trinajstić information content (AvgIpc) is 2.88. The molecule has 0 saturated heterocycles. The number of aliphatic carboxylic acids is 1. The van der Waals surface area contributed by atoms with E-state index in [9.17, 15) is 14.7 Å². The van der Waals surface area contributed by atoms with Crippen LogP contribution in [0.5, 0.6) is 0 Å². The quantitative estimate of drug-likeness (QED) is 0.899. The fourth-order valence-corrected chi connectivity index (χ4v) is 2.95. The first-order chi connectivity index (χ1) is 9.85. The number of hydrogen-bond acceptors (Lipinski definition) is 2. The zero-order chi connectivity index (χ0) is 15.6. The molecule has 2 N–H and O–H groups in total. The van der Waals surface area contributed by atoms with Gasteiger partial charge in [0.1, 0.15) is 5.54 Å². The van der Waals surface area contributed by atoms with Crippen molar-refractivity contribution in [1.29, 1.82) is 0 Å². The van der Waals surface area contributed by atoms with Crippen LogP contribution in [0.3, 0.4) is 0 Å². The molecule has 1 aromatic rings. The van der Waals surface area contributed by atoms with E-state index in [0.717, 1.165) is 29.7 Å². The summed E-state index contributed by atoms with van der Waals surface area (Å²) >= 11 is 0. The Hall–Kier alpha value is -2.04. The topological polar surface area (TPSA) is 69.6 Å². The number of rotatable bonds is 3. The maximum absolute atomic E-state index is 12.4. The fourth-order valence-electron chi connectivity index (χ4n) is 2.95. The number of amides is 2. The van der Waals surface area contributed by atoms with Gasteiger partial charge in [-0.25, -0.2) is 9.59 Å². The van der Waals surface area contributed by atoms with Crippen LogP contribution in [0.4, 0.5) is 10.5 Å². The lowest BCUT2D eigenvalue weighted by Gasteiger charge is -2.29. The molecular formula is C16H22N2O3.